The number of hydrogen-bond donors (Lipinski definition) is 1. The van der Waals surface area contributed by atoms with Crippen LogP contribution >= 0.6 is 11.8 Å². The predicted octanol–water partition coefficient (Wildman–Crippen LogP) is 1.56. The first-order valence-corrected chi connectivity index (χ1v) is 7.22. The summed E-state index contributed by atoms with van der Waals surface area (Å²) < 4.78 is 3.83. The van der Waals surface area contributed by atoms with Crippen LogP contribution in [0.4, 0.5) is 0 Å². The Labute approximate surface area is 120 Å². The lowest BCUT2D eigenvalue weighted by Crippen LogP contribution is -1.98. The molecule has 3 aromatic heterocycles. The predicted molar refractivity (Wildman–Crippen MR) is 76.4 cm³/mol. The van der Waals surface area contributed by atoms with Crippen LogP contribution in [0, 0.1) is 6.92 Å². The third-order valence-electron chi connectivity index (χ3n) is 3.14. The van der Waals surface area contributed by atoms with Gasteiger partial charge in [0.25, 0.3) is 0 Å². The number of nitrogens with zero attached hydrogens (tertiary/aromatic N) is 5. The molecule has 20 heavy (non-hydrogen) atoms. The molecule has 7 heteroatoms. The van der Waals surface area contributed by atoms with E-state index in [1.54, 1.807) is 16.3 Å². The van der Waals surface area contributed by atoms with Crippen LogP contribution in [0.15, 0.2) is 29.7 Å². The normalized spacial score (nSPS) is 11.3. The molecule has 0 amide bonds. The second-order valence-corrected chi connectivity index (χ2v) is 5.50. The van der Waals surface area contributed by atoms with Crippen LogP contribution in [0.5, 0.6) is 0 Å². The highest BCUT2D eigenvalue weighted by atomic mass is 32.2. The highest BCUT2D eigenvalue weighted by Gasteiger charge is 2.10. The van der Waals surface area contributed by atoms with Gasteiger partial charge < -0.3 is 14.1 Å². The number of aromatic nitrogens is 5. The molecule has 0 saturated heterocycles. The van der Waals surface area contributed by atoms with Crippen molar-refractivity contribution in [3.8, 4) is 0 Å². The van der Waals surface area contributed by atoms with E-state index in [-0.39, 0.29) is 6.61 Å². The molecule has 3 aromatic rings. The minimum atomic E-state index is -0.0996. The first kappa shape index (κ1) is 13.1. The first-order valence-electron chi connectivity index (χ1n) is 6.24. The van der Waals surface area contributed by atoms with Crippen molar-refractivity contribution in [3.63, 3.8) is 0 Å². The van der Waals surface area contributed by atoms with E-state index in [0.29, 0.717) is 5.82 Å². The number of aryl methyl sites for hydroxylation is 1. The van der Waals surface area contributed by atoms with E-state index in [2.05, 4.69) is 28.2 Å². The number of pyridine rings is 1. The van der Waals surface area contributed by atoms with Gasteiger partial charge >= 0.3 is 0 Å². The summed E-state index contributed by atoms with van der Waals surface area (Å²) in [6, 6.07) is 4.06. The maximum atomic E-state index is 9.09. The highest BCUT2D eigenvalue weighted by Crippen LogP contribution is 2.21. The van der Waals surface area contributed by atoms with E-state index >= 15 is 0 Å². The minimum absolute atomic E-state index is 0.0996. The van der Waals surface area contributed by atoms with Crippen molar-refractivity contribution in [3.05, 3.63) is 41.6 Å². The van der Waals surface area contributed by atoms with Crippen LogP contribution < -0.4 is 0 Å². The molecule has 104 valence electrons. The van der Waals surface area contributed by atoms with Gasteiger partial charge in [-0.05, 0) is 18.6 Å². The Balaban J connectivity index is 1.79. The molecule has 3 heterocycles. The average Bonchev–Trinajstić information content (AvgIpc) is 3.01. The smallest absolute Gasteiger partial charge is 0.191 e. The van der Waals surface area contributed by atoms with Gasteiger partial charge in [-0.25, -0.2) is 4.98 Å². The summed E-state index contributed by atoms with van der Waals surface area (Å²) in [5.74, 6) is 1.29. The fraction of sp³-hybridized carbons (Fsp3) is 0.308. The Morgan fingerprint density at radius 1 is 1.35 bits per heavy atom. The summed E-state index contributed by atoms with van der Waals surface area (Å²) in [7, 11) is 1.85. The van der Waals surface area contributed by atoms with Crippen molar-refractivity contribution in [1.29, 1.82) is 0 Å². The van der Waals surface area contributed by atoms with Crippen molar-refractivity contribution in [1.82, 2.24) is 24.1 Å². The largest absolute Gasteiger partial charge is 0.388 e. The van der Waals surface area contributed by atoms with Crippen molar-refractivity contribution in [2.24, 2.45) is 7.05 Å². The van der Waals surface area contributed by atoms with E-state index in [0.717, 1.165) is 27.8 Å². The molecule has 0 bridgehead atoms. The number of rotatable bonds is 4. The molecule has 0 aliphatic heterocycles. The SMILES string of the molecule is Cc1cccn2cc(CSc3nnc(CO)n3C)nc12. The van der Waals surface area contributed by atoms with Crippen molar-refractivity contribution in [2.75, 3.05) is 0 Å². The third-order valence-corrected chi connectivity index (χ3v) is 4.20. The average molecular weight is 289 g/mol. The van der Waals surface area contributed by atoms with Crippen molar-refractivity contribution >= 4 is 17.4 Å². The molecule has 0 radical (unpaired) electrons. The quantitative estimate of drug-likeness (QED) is 0.738. The molecule has 0 fully saturated rings. The molecule has 3 rings (SSSR count). The topological polar surface area (TPSA) is 68.2 Å². The first-order chi connectivity index (χ1) is 9.69. The van der Waals surface area contributed by atoms with Crippen LogP contribution in [0.25, 0.3) is 5.65 Å². The van der Waals surface area contributed by atoms with Gasteiger partial charge in [0.2, 0.25) is 0 Å². The molecule has 0 aromatic carbocycles. The van der Waals surface area contributed by atoms with Crippen molar-refractivity contribution < 1.29 is 5.11 Å². The van der Waals surface area contributed by atoms with Gasteiger partial charge in [-0.3, -0.25) is 0 Å². The van der Waals surface area contributed by atoms with E-state index in [1.807, 2.05) is 29.9 Å². The van der Waals surface area contributed by atoms with Crippen LogP contribution in [-0.2, 0) is 19.4 Å². The summed E-state index contributed by atoms with van der Waals surface area (Å²) >= 11 is 1.56. The minimum Gasteiger partial charge on any atom is -0.388 e. The second-order valence-electron chi connectivity index (χ2n) is 4.56. The summed E-state index contributed by atoms with van der Waals surface area (Å²) in [4.78, 5) is 4.62. The third kappa shape index (κ3) is 2.30. The zero-order chi connectivity index (χ0) is 14.1. The molecular formula is C13H15N5OS. The number of fused-ring (bicyclic) bond motifs is 1. The fourth-order valence-electron chi connectivity index (χ4n) is 2.02. The maximum absolute atomic E-state index is 9.09. The molecule has 0 spiro atoms. The zero-order valence-corrected chi connectivity index (χ0v) is 12.1. The van der Waals surface area contributed by atoms with Crippen LogP contribution in [0.2, 0.25) is 0 Å². The summed E-state index contributed by atoms with van der Waals surface area (Å²) in [6.07, 6.45) is 4.02. The molecule has 0 unspecified atom stereocenters. The Bertz CT molecular complexity index is 748. The van der Waals surface area contributed by atoms with Crippen molar-refractivity contribution in [2.45, 2.75) is 24.4 Å². The summed E-state index contributed by atoms with van der Waals surface area (Å²) in [5, 5.41) is 17.8. The van der Waals surface area contributed by atoms with Crippen LogP contribution in [0.1, 0.15) is 17.1 Å². The lowest BCUT2D eigenvalue weighted by atomic mass is 10.3. The maximum Gasteiger partial charge on any atom is 0.191 e. The lowest BCUT2D eigenvalue weighted by molar-refractivity contribution is 0.266. The Morgan fingerprint density at radius 2 is 2.20 bits per heavy atom. The summed E-state index contributed by atoms with van der Waals surface area (Å²) in [6.45, 7) is 1.95. The Hall–Kier alpha value is -1.86. The molecule has 0 atom stereocenters. The van der Waals surface area contributed by atoms with E-state index in [1.165, 1.54) is 0 Å². The zero-order valence-electron chi connectivity index (χ0n) is 11.3. The van der Waals surface area contributed by atoms with Gasteiger partial charge in [-0.2, -0.15) is 0 Å². The van der Waals surface area contributed by atoms with Gasteiger partial charge in [-0.15, -0.1) is 10.2 Å². The molecule has 0 saturated carbocycles. The van der Waals surface area contributed by atoms with Gasteiger partial charge in [-0.1, -0.05) is 17.8 Å². The number of imidazole rings is 1. The van der Waals surface area contributed by atoms with Crippen LogP contribution in [-0.4, -0.2) is 29.3 Å². The van der Waals surface area contributed by atoms with E-state index in [9.17, 15) is 0 Å². The number of hydrogen-bond acceptors (Lipinski definition) is 5. The van der Waals surface area contributed by atoms with E-state index in [4.69, 9.17) is 5.11 Å². The number of aliphatic hydroxyl groups excluding tert-OH is 1. The Kier molecular flexibility index (Phi) is 3.45. The van der Waals surface area contributed by atoms with E-state index < -0.39 is 0 Å². The summed E-state index contributed by atoms with van der Waals surface area (Å²) in [5.41, 5.74) is 3.14. The lowest BCUT2D eigenvalue weighted by Gasteiger charge is -2.00. The molecule has 0 aliphatic carbocycles. The van der Waals surface area contributed by atoms with Gasteiger partial charge in [0.05, 0.1) is 5.69 Å². The van der Waals surface area contributed by atoms with Gasteiger partial charge in [0.15, 0.2) is 11.0 Å². The molecular weight excluding hydrogens is 274 g/mol. The molecule has 0 aliphatic rings. The number of aliphatic hydroxyl groups is 1. The van der Waals surface area contributed by atoms with Gasteiger partial charge in [0, 0.05) is 25.2 Å². The molecule has 6 nitrogen and oxygen atoms in total. The standard InChI is InChI=1S/C13H15N5OS/c1-9-4-3-5-18-6-10(14-12(9)18)8-20-13-16-15-11(7-19)17(13)2/h3-6,19H,7-8H2,1-2H3. The highest BCUT2D eigenvalue weighted by molar-refractivity contribution is 7.98. The number of thioether (sulfide) groups is 1. The van der Waals surface area contributed by atoms with Gasteiger partial charge in [0.1, 0.15) is 12.3 Å². The van der Waals surface area contributed by atoms with Crippen LogP contribution in [0.3, 0.4) is 0 Å². The Morgan fingerprint density at radius 3 is 2.90 bits per heavy atom. The fourth-order valence-corrected chi connectivity index (χ4v) is 2.83. The second kappa shape index (κ2) is 5.26. The molecule has 1 N–H and O–H groups in total. The monoisotopic (exact) mass is 289 g/mol.